The Morgan fingerprint density at radius 1 is 1.40 bits per heavy atom. The maximum Gasteiger partial charge on any atom is 0.118 e. The van der Waals surface area contributed by atoms with E-state index in [1.165, 1.54) is 5.56 Å². The number of nitrogens with zero attached hydrogens (tertiary/aromatic N) is 1. The van der Waals surface area contributed by atoms with Crippen LogP contribution in [0.2, 0.25) is 0 Å². The van der Waals surface area contributed by atoms with Gasteiger partial charge in [0.05, 0.1) is 19.3 Å². The first-order valence-electron chi connectivity index (χ1n) is 7.85. The molecule has 1 atom stereocenters. The van der Waals surface area contributed by atoms with Crippen LogP contribution in [0.15, 0.2) is 10.5 Å². The van der Waals surface area contributed by atoms with Crippen molar-refractivity contribution in [3.63, 3.8) is 0 Å². The van der Waals surface area contributed by atoms with Crippen LogP contribution >= 0.6 is 0 Å². The van der Waals surface area contributed by atoms with E-state index >= 15 is 0 Å². The van der Waals surface area contributed by atoms with E-state index in [0.29, 0.717) is 6.10 Å². The lowest BCUT2D eigenvalue weighted by molar-refractivity contribution is -0.0325. The van der Waals surface area contributed by atoms with Crippen LogP contribution in [-0.2, 0) is 17.8 Å². The van der Waals surface area contributed by atoms with E-state index in [4.69, 9.17) is 9.15 Å². The molecule has 0 saturated carbocycles. The molecule has 4 nitrogen and oxygen atoms in total. The Balaban J connectivity index is 1.88. The fraction of sp³-hybridized carbons (Fsp3) is 0.750. The van der Waals surface area contributed by atoms with E-state index in [2.05, 4.69) is 37.1 Å². The van der Waals surface area contributed by atoms with Gasteiger partial charge in [-0.25, -0.2) is 0 Å². The van der Waals surface area contributed by atoms with Crippen LogP contribution in [0.1, 0.15) is 43.8 Å². The lowest BCUT2D eigenvalue weighted by atomic mass is 10.2. The predicted molar refractivity (Wildman–Crippen MR) is 80.8 cm³/mol. The zero-order chi connectivity index (χ0) is 14.4. The van der Waals surface area contributed by atoms with Crippen molar-refractivity contribution >= 4 is 0 Å². The molecular weight excluding hydrogens is 252 g/mol. The molecule has 0 radical (unpaired) electrons. The zero-order valence-electron chi connectivity index (χ0n) is 13.1. The maximum atomic E-state index is 5.84. The summed E-state index contributed by atoms with van der Waals surface area (Å²) in [5.41, 5.74) is 1.31. The topological polar surface area (TPSA) is 37.6 Å². The second kappa shape index (κ2) is 7.81. The second-order valence-corrected chi connectivity index (χ2v) is 5.61. The van der Waals surface area contributed by atoms with Gasteiger partial charge in [-0.3, -0.25) is 4.90 Å². The minimum absolute atomic E-state index is 0.390. The summed E-state index contributed by atoms with van der Waals surface area (Å²) in [6, 6.07) is 2.20. The molecule has 4 heteroatoms. The van der Waals surface area contributed by atoms with Crippen LogP contribution in [0.3, 0.4) is 0 Å². The molecule has 1 fully saturated rings. The minimum Gasteiger partial charge on any atom is -0.465 e. The van der Waals surface area contributed by atoms with Gasteiger partial charge in [0.2, 0.25) is 0 Å². The lowest BCUT2D eigenvalue weighted by Gasteiger charge is -2.32. The predicted octanol–water partition coefficient (Wildman–Crippen LogP) is 2.70. The Labute approximate surface area is 122 Å². The molecule has 0 aromatic carbocycles. The molecule has 1 aliphatic heterocycles. The SMILES string of the molecule is CCCNCc1cc(CN2CCOC(CC)C2)c(C)o1. The van der Waals surface area contributed by atoms with Crippen molar-refractivity contribution < 1.29 is 9.15 Å². The highest BCUT2D eigenvalue weighted by molar-refractivity contribution is 5.20. The first-order valence-corrected chi connectivity index (χ1v) is 7.85. The number of ether oxygens (including phenoxy) is 1. The van der Waals surface area contributed by atoms with Gasteiger partial charge < -0.3 is 14.5 Å². The van der Waals surface area contributed by atoms with E-state index in [-0.39, 0.29) is 0 Å². The summed E-state index contributed by atoms with van der Waals surface area (Å²) >= 11 is 0. The molecule has 0 bridgehead atoms. The summed E-state index contributed by atoms with van der Waals surface area (Å²) in [7, 11) is 0. The third-order valence-corrected chi connectivity index (χ3v) is 3.87. The first kappa shape index (κ1) is 15.5. The molecule has 0 aliphatic carbocycles. The van der Waals surface area contributed by atoms with Gasteiger partial charge in [0.1, 0.15) is 11.5 Å². The quantitative estimate of drug-likeness (QED) is 0.779. The third kappa shape index (κ3) is 4.33. The Hall–Kier alpha value is -0.840. The lowest BCUT2D eigenvalue weighted by Crippen LogP contribution is -2.41. The van der Waals surface area contributed by atoms with Gasteiger partial charge in [0.15, 0.2) is 0 Å². The molecule has 1 aromatic heterocycles. The number of hydrogen-bond acceptors (Lipinski definition) is 4. The molecular formula is C16H28N2O2. The van der Waals surface area contributed by atoms with Gasteiger partial charge in [-0.2, -0.15) is 0 Å². The first-order chi connectivity index (χ1) is 9.72. The van der Waals surface area contributed by atoms with Crippen molar-refractivity contribution in [1.82, 2.24) is 10.2 Å². The van der Waals surface area contributed by atoms with Gasteiger partial charge in [0.25, 0.3) is 0 Å². The summed E-state index contributed by atoms with van der Waals surface area (Å²) in [5.74, 6) is 2.10. The molecule has 2 heterocycles. The third-order valence-electron chi connectivity index (χ3n) is 3.87. The van der Waals surface area contributed by atoms with Gasteiger partial charge in [-0.15, -0.1) is 0 Å². The number of rotatable bonds is 7. The number of nitrogens with one attached hydrogen (secondary N) is 1. The standard InChI is InChI=1S/C16H28N2O2/c1-4-6-17-10-16-9-14(13(3)20-16)11-18-7-8-19-15(5-2)12-18/h9,15,17H,4-8,10-12H2,1-3H3. The monoisotopic (exact) mass is 280 g/mol. The normalized spacial score (nSPS) is 20.4. The van der Waals surface area contributed by atoms with E-state index in [1.807, 2.05) is 0 Å². The van der Waals surface area contributed by atoms with Crippen LogP contribution in [-0.4, -0.2) is 37.2 Å². The fourth-order valence-electron chi connectivity index (χ4n) is 2.63. The van der Waals surface area contributed by atoms with Gasteiger partial charge >= 0.3 is 0 Å². The summed E-state index contributed by atoms with van der Waals surface area (Å²) in [6.07, 6.45) is 2.63. The van der Waals surface area contributed by atoms with Crippen molar-refractivity contribution in [2.24, 2.45) is 0 Å². The van der Waals surface area contributed by atoms with Crippen molar-refractivity contribution in [2.75, 3.05) is 26.2 Å². The molecule has 20 heavy (non-hydrogen) atoms. The largest absolute Gasteiger partial charge is 0.465 e. The number of morpholine rings is 1. The smallest absolute Gasteiger partial charge is 0.118 e. The summed E-state index contributed by atoms with van der Waals surface area (Å²) in [4.78, 5) is 2.47. The summed E-state index contributed by atoms with van der Waals surface area (Å²) in [6.45, 7) is 12.2. The zero-order valence-corrected chi connectivity index (χ0v) is 13.1. The molecule has 1 aromatic rings. The molecule has 1 N–H and O–H groups in total. The average Bonchev–Trinajstić information content (AvgIpc) is 2.80. The van der Waals surface area contributed by atoms with Crippen LogP contribution in [0.5, 0.6) is 0 Å². The van der Waals surface area contributed by atoms with E-state index in [1.54, 1.807) is 0 Å². The fourth-order valence-corrected chi connectivity index (χ4v) is 2.63. The minimum atomic E-state index is 0.390. The van der Waals surface area contributed by atoms with Crippen molar-refractivity contribution in [2.45, 2.75) is 52.8 Å². The molecule has 114 valence electrons. The van der Waals surface area contributed by atoms with Crippen molar-refractivity contribution in [1.29, 1.82) is 0 Å². The highest BCUT2D eigenvalue weighted by atomic mass is 16.5. The molecule has 2 rings (SSSR count). The Kier molecular flexibility index (Phi) is 6.07. The molecule has 0 spiro atoms. The molecule has 1 unspecified atom stereocenters. The van der Waals surface area contributed by atoms with Gasteiger partial charge in [-0.05, 0) is 32.4 Å². The highest BCUT2D eigenvalue weighted by Gasteiger charge is 2.20. The average molecular weight is 280 g/mol. The molecule has 1 aliphatic rings. The Bertz CT molecular complexity index is 403. The number of aryl methyl sites for hydroxylation is 1. The summed E-state index contributed by atoms with van der Waals surface area (Å²) < 4.78 is 11.6. The number of hydrogen-bond donors (Lipinski definition) is 1. The Morgan fingerprint density at radius 3 is 3.00 bits per heavy atom. The molecule has 1 saturated heterocycles. The summed E-state index contributed by atoms with van der Waals surface area (Å²) in [5, 5.41) is 3.38. The van der Waals surface area contributed by atoms with E-state index in [0.717, 1.165) is 63.7 Å². The number of furan rings is 1. The van der Waals surface area contributed by atoms with E-state index in [9.17, 15) is 0 Å². The molecule has 0 amide bonds. The Morgan fingerprint density at radius 2 is 2.25 bits per heavy atom. The van der Waals surface area contributed by atoms with Gasteiger partial charge in [0, 0.05) is 25.2 Å². The van der Waals surface area contributed by atoms with Crippen LogP contribution < -0.4 is 5.32 Å². The highest BCUT2D eigenvalue weighted by Crippen LogP contribution is 2.19. The van der Waals surface area contributed by atoms with Crippen molar-refractivity contribution in [3.8, 4) is 0 Å². The van der Waals surface area contributed by atoms with Crippen molar-refractivity contribution in [3.05, 3.63) is 23.2 Å². The van der Waals surface area contributed by atoms with Gasteiger partial charge in [-0.1, -0.05) is 13.8 Å². The van der Waals surface area contributed by atoms with Crippen LogP contribution in [0, 0.1) is 6.92 Å². The second-order valence-electron chi connectivity index (χ2n) is 5.61. The van der Waals surface area contributed by atoms with E-state index < -0.39 is 0 Å². The van der Waals surface area contributed by atoms with Crippen LogP contribution in [0.4, 0.5) is 0 Å². The van der Waals surface area contributed by atoms with Crippen LogP contribution in [0.25, 0.3) is 0 Å². The maximum absolute atomic E-state index is 5.84.